The van der Waals surface area contributed by atoms with Crippen molar-refractivity contribution in [3.63, 3.8) is 0 Å². The van der Waals surface area contributed by atoms with Crippen LogP contribution in [-0.2, 0) is 0 Å². The van der Waals surface area contributed by atoms with E-state index in [9.17, 15) is 5.11 Å². The molecule has 1 saturated heterocycles. The van der Waals surface area contributed by atoms with Gasteiger partial charge in [-0.25, -0.2) is 9.97 Å². The largest absolute Gasteiger partial charge is 0.389 e. The van der Waals surface area contributed by atoms with Crippen molar-refractivity contribution in [2.45, 2.75) is 37.7 Å². The highest BCUT2D eigenvalue weighted by molar-refractivity contribution is 14.1. The van der Waals surface area contributed by atoms with E-state index in [0.29, 0.717) is 5.92 Å². The van der Waals surface area contributed by atoms with Gasteiger partial charge in [-0.3, -0.25) is 0 Å². The number of piperidine rings is 1. The summed E-state index contributed by atoms with van der Waals surface area (Å²) in [5.74, 6) is 1.43. The number of aliphatic hydroxyl groups is 1. The Morgan fingerprint density at radius 2 is 2.28 bits per heavy atom. The van der Waals surface area contributed by atoms with Crippen LogP contribution in [0.4, 0.5) is 5.82 Å². The minimum Gasteiger partial charge on any atom is -0.389 e. The fourth-order valence-electron chi connectivity index (χ4n) is 3.30. The molecule has 2 aliphatic rings. The maximum absolute atomic E-state index is 10.7. The van der Waals surface area contributed by atoms with E-state index < -0.39 is 5.60 Å². The van der Waals surface area contributed by atoms with Gasteiger partial charge in [0.25, 0.3) is 0 Å². The summed E-state index contributed by atoms with van der Waals surface area (Å²) in [4.78, 5) is 10.7. The molecule has 0 bridgehead atoms. The third-order valence-corrected chi connectivity index (χ3v) is 5.14. The smallest absolute Gasteiger partial charge is 0.145 e. The van der Waals surface area contributed by atoms with Crippen molar-refractivity contribution in [3.8, 4) is 0 Å². The summed E-state index contributed by atoms with van der Waals surface area (Å²) in [5, 5.41) is 10.7. The number of aromatic nitrogens is 2. The van der Waals surface area contributed by atoms with E-state index in [2.05, 4.69) is 37.5 Å². The molecule has 1 aromatic rings. The molecule has 3 rings (SSSR count). The zero-order chi connectivity index (χ0) is 12.6. The molecule has 2 heterocycles. The first-order valence-electron chi connectivity index (χ1n) is 6.62. The van der Waals surface area contributed by atoms with E-state index in [4.69, 9.17) is 0 Å². The van der Waals surface area contributed by atoms with Gasteiger partial charge in [0.15, 0.2) is 0 Å². The molecule has 4 nitrogen and oxygen atoms in total. The molecule has 1 saturated carbocycles. The van der Waals surface area contributed by atoms with Gasteiger partial charge in [0.2, 0.25) is 0 Å². The highest BCUT2D eigenvalue weighted by atomic mass is 127. The van der Waals surface area contributed by atoms with Crippen LogP contribution in [0.5, 0.6) is 0 Å². The number of nitrogens with zero attached hydrogens (tertiary/aromatic N) is 3. The molecule has 0 aromatic carbocycles. The Morgan fingerprint density at radius 3 is 3.11 bits per heavy atom. The van der Waals surface area contributed by atoms with Crippen molar-refractivity contribution in [3.05, 3.63) is 16.1 Å². The number of rotatable bonds is 1. The highest BCUT2D eigenvalue weighted by Gasteiger charge is 2.43. The second-order valence-electron chi connectivity index (χ2n) is 5.44. The van der Waals surface area contributed by atoms with E-state index in [0.717, 1.165) is 41.7 Å². The molecular weight excluding hydrogens is 341 g/mol. The standard InChI is InChI=1S/C13H18IN3O/c14-11-7-15-9-16-12(11)17-6-5-13(18)4-2-1-3-10(13)8-17/h7,9-10,18H,1-6,8H2. The molecule has 18 heavy (non-hydrogen) atoms. The van der Waals surface area contributed by atoms with Crippen molar-refractivity contribution in [2.75, 3.05) is 18.0 Å². The van der Waals surface area contributed by atoms with Gasteiger partial charge in [0.1, 0.15) is 12.1 Å². The van der Waals surface area contributed by atoms with E-state index in [1.165, 1.54) is 12.8 Å². The van der Waals surface area contributed by atoms with Crippen LogP contribution in [0.15, 0.2) is 12.5 Å². The lowest BCUT2D eigenvalue weighted by Gasteiger charge is -2.47. The predicted octanol–water partition coefficient (Wildman–Crippen LogP) is 2.21. The molecule has 1 N–H and O–H groups in total. The van der Waals surface area contributed by atoms with Crippen molar-refractivity contribution in [1.82, 2.24) is 9.97 Å². The van der Waals surface area contributed by atoms with Crippen LogP contribution in [0.3, 0.4) is 0 Å². The fraction of sp³-hybridized carbons (Fsp3) is 0.692. The van der Waals surface area contributed by atoms with Crippen molar-refractivity contribution in [1.29, 1.82) is 0 Å². The summed E-state index contributed by atoms with van der Waals surface area (Å²) in [6.45, 7) is 1.84. The third kappa shape index (κ3) is 2.22. The van der Waals surface area contributed by atoms with Gasteiger partial charge in [0, 0.05) is 25.2 Å². The summed E-state index contributed by atoms with van der Waals surface area (Å²) in [7, 11) is 0. The lowest BCUT2D eigenvalue weighted by molar-refractivity contribution is -0.0613. The Kier molecular flexibility index (Phi) is 3.44. The van der Waals surface area contributed by atoms with E-state index in [1.54, 1.807) is 6.33 Å². The maximum Gasteiger partial charge on any atom is 0.145 e. The Labute approximate surface area is 121 Å². The molecule has 5 heteroatoms. The third-order valence-electron chi connectivity index (χ3n) is 4.38. The van der Waals surface area contributed by atoms with Crippen LogP contribution in [0.2, 0.25) is 0 Å². The van der Waals surface area contributed by atoms with Crippen molar-refractivity contribution in [2.24, 2.45) is 5.92 Å². The topological polar surface area (TPSA) is 49.2 Å². The number of fused-ring (bicyclic) bond motifs is 1. The minimum atomic E-state index is -0.410. The van der Waals surface area contributed by atoms with Gasteiger partial charge in [-0.1, -0.05) is 12.8 Å². The zero-order valence-corrected chi connectivity index (χ0v) is 12.5. The van der Waals surface area contributed by atoms with Crippen molar-refractivity contribution >= 4 is 28.4 Å². The quantitative estimate of drug-likeness (QED) is 0.782. The molecule has 0 radical (unpaired) electrons. The van der Waals surface area contributed by atoms with Gasteiger partial charge in [-0.2, -0.15) is 0 Å². The summed E-state index contributed by atoms with van der Waals surface area (Å²) >= 11 is 2.28. The van der Waals surface area contributed by atoms with Crippen LogP contribution in [0.1, 0.15) is 32.1 Å². The van der Waals surface area contributed by atoms with Crippen LogP contribution >= 0.6 is 22.6 Å². The van der Waals surface area contributed by atoms with E-state index in [1.807, 2.05) is 6.20 Å². The second kappa shape index (κ2) is 4.92. The Bertz CT molecular complexity index is 442. The zero-order valence-electron chi connectivity index (χ0n) is 10.3. The lowest BCUT2D eigenvalue weighted by Crippen LogP contribution is -2.53. The predicted molar refractivity (Wildman–Crippen MR) is 78.5 cm³/mol. The van der Waals surface area contributed by atoms with E-state index >= 15 is 0 Å². The maximum atomic E-state index is 10.7. The fourth-order valence-corrected chi connectivity index (χ4v) is 3.94. The molecular formula is C13H18IN3O. The summed E-state index contributed by atoms with van der Waals surface area (Å²) < 4.78 is 1.09. The van der Waals surface area contributed by atoms with Crippen LogP contribution < -0.4 is 4.90 Å². The first kappa shape index (κ1) is 12.6. The normalized spacial score (nSPS) is 32.1. The molecule has 0 amide bonds. The van der Waals surface area contributed by atoms with Gasteiger partial charge in [-0.15, -0.1) is 0 Å². The lowest BCUT2D eigenvalue weighted by atomic mass is 9.71. The average molecular weight is 359 g/mol. The SMILES string of the molecule is OC12CCCCC1CN(c1ncncc1I)CC2. The Morgan fingerprint density at radius 1 is 1.39 bits per heavy atom. The Hall–Kier alpha value is -0.430. The summed E-state index contributed by atoms with van der Waals surface area (Å²) in [6.07, 6.45) is 8.89. The number of halogens is 1. The van der Waals surface area contributed by atoms with Crippen LogP contribution in [0, 0.1) is 9.49 Å². The summed E-state index contributed by atoms with van der Waals surface area (Å²) in [6, 6.07) is 0. The van der Waals surface area contributed by atoms with E-state index in [-0.39, 0.29) is 0 Å². The molecule has 2 fully saturated rings. The average Bonchev–Trinajstić information content (AvgIpc) is 2.38. The molecule has 1 aliphatic carbocycles. The number of hydrogen-bond acceptors (Lipinski definition) is 4. The highest BCUT2D eigenvalue weighted by Crippen LogP contribution is 2.40. The second-order valence-corrected chi connectivity index (χ2v) is 6.60. The molecule has 1 aromatic heterocycles. The molecule has 1 aliphatic heterocycles. The molecule has 0 spiro atoms. The van der Waals surface area contributed by atoms with Gasteiger partial charge in [-0.05, 0) is 41.9 Å². The number of anilines is 1. The molecule has 98 valence electrons. The summed E-state index contributed by atoms with van der Waals surface area (Å²) in [5.41, 5.74) is -0.410. The first-order chi connectivity index (χ1) is 8.69. The Balaban J connectivity index is 1.80. The minimum absolute atomic E-state index is 0.408. The van der Waals surface area contributed by atoms with Gasteiger partial charge < -0.3 is 10.0 Å². The monoisotopic (exact) mass is 359 g/mol. The number of hydrogen-bond donors (Lipinski definition) is 1. The first-order valence-corrected chi connectivity index (χ1v) is 7.70. The molecule has 2 atom stereocenters. The van der Waals surface area contributed by atoms with Gasteiger partial charge >= 0.3 is 0 Å². The van der Waals surface area contributed by atoms with Crippen LogP contribution in [-0.4, -0.2) is 33.8 Å². The van der Waals surface area contributed by atoms with Crippen LogP contribution in [0.25, 0.3) is 0 Å². The van der Waals surface area contributed by atoms with Gasteiger partial charge in [0.05, 0.1) is 9.17 Å². The van der Waals surface area contributed by atoms with Crippen molar-refractivity contribution < 1.29 is 5.11 Å². The molecule has 2 unspecified atom stereocenters.